The van der Waals surface area contributed by atoms with Crippen LogP contribution in [0.5, 0.6) is 0 Å². The summed E-state index contributed by atoms with van der Waals surface area (Å²) in [5.74, 6) is 4.30. The Labute approximate surface area is 121 Å². The van der Waals surface area contributed by atoms with Gasteiger partial charge in [0, 0.05) is 16.8 Å². The molecule has 1 unspecified atom stereocenters. The van der Waals surface area contributed by atoms with Gasteiger partial charge in [-0.05, 0) is 32.0 Å². The molecule has 20 heavy (non-hydrogen) atoms. The van der Waals surface area contributed by atoms with Crippen molar-refractivity contribution in [2.75, 3.05) is 11.9 Å². The minimum atomic E-state index is -1.37. The number of esters is 1. The number of hydrazine groups is 1. The number of anilines is 1. The number of rotatable bonds is 3. The molecule has 7 heteroatoms. The van der Waals surface area contributed by atoms with E-state index in [1.165, 1.54) is 6.92 Å². The minimum Gasteiger partial charge on any atom is -0.465 e. The Kier molecular flexibility index (Phi) is 3.74. The highest BCUT2D eigenvalue weighted by Gasteiger charge is 2.50. The van der Waals surface area contributed by atoms with E-state index in [-0.39, 0.29) is 6.61 Å². The SMILES string of the molecule is CCOC(=O)C1(C)C(=O)Nc2ccc(C(=S)NN)cc21. The number of fused-ring (bicyclic) bond motifs is 1. The fraction of sp³-hybridized carbons (Fsp3) is 0.308. The molecule has 1 aliphatic rings. The highest BCUT2D eigenvalue weighted by Crippen LogP contribution is 2.39. The van der Waals surface area contributed by atoms with Gasteiger partial charge < -0.3 is 15.5 Å². The maximum absolute atomic E-state index is 12.1. The molecule has 0 saturated heterocycles. The average Bonchev–Trinajstić information content (AvgIpc) is 2.70. The molecule has 0 aliphatic carbocycles. The fourth-order valence-corrected chi connectivity index (χ4v) is 2.27. The largest absolute Gasteiger partial charge is 0.465 e. The second kappa shape index (κ2) is 5.18. The lowest BCUT2D eigenvalue weighted by Gasteiger charge is -2.20. The Morgan fingerprint density at radius 3 is 2.85 bits per heavy atom. The Morgan fingerprint density at radius 1 is 1.55 bits per heavy atom. The van der Waals surface area contributed by atoms with Crippen molar-refractivity contribution in [3.63, 3.8) is 0 Å². The lowest BCUT2D eigenvalue weighted by Crippen LogP contribution is -2.41. The monoisotopic (exact) mass is 293 g/mol. The first-order valence-electron chi connectivity index (χ1n) is 6.09. The van der Waals surface area contributed by atoms with E-state index in [9.17, 15) is 9.59 Å². The quantitative estimate of drug-likeness (QED) is 0.248. The van der Waals surface area contributed by atoms with Gasteiger partial charge in [-0.15, -0.1) is 0 Å². The highest BCUT2D eigenvalue weighted by molar-refractivity contribution is 7.80. The zero-order valence-corrected chi connectivity index (χ0v) is 12.0. The molecule has 2 rings (SSSR count). The van der Waals surface area contributed by atoms with E-state index in [1.807, 2.05) is 0 Å². The molecule has 1 atom stereocenters. The summed E-state index contributed by atoms with van der Waals surface area (Å²) in [6, 6.07) is 5.08. The van der Waals surface area contributed by atoms with Crippen LogP contribution >= 0.6 is 12.2 Å². The molecule has 0 fully saturated rings. The average molecular weight is 293 g/mol. The number of hydrogen-bond acceptors (Lipinski definition) is 5. The van der Waals surface area contributed by atoms with Gasteiger partial charge >= 0.3 is 5.97 Å². The second-order valence-corrected chi connectivity index (χ2v) is 4.94. The van der Waals surface area contributed by atoms with Crippen LogP contribution in [0.25, 0.3) is 0 Å². The predicted molar refractivity (Wildman–Crippen MR) is 78.1 cm³/mol. The van der Waals surface area contributed by atoms with Crippen molar-refractivity contribution in [2.45, 2.75) is 19.3 Å². The van der Waals surface area contributed by atoms with E-state index in [0.717, 1.165) is 0 Å². The summed E-state index contributed by atoms with van der Waals surface area (Å²) in [7, 11) is 0. The molecular formula is C13H15N3O3S. The third kappa shape index (κ3) is 2.04. The molecule has 0 aromatic heterocycles. The lowest BCUT2D eigenvalue weighted by molar-refractivity contribution is -0.152. The van der Waals surface area contributed by atoms with Gasteiger partial charge in [-0.3, -0.25) is 9.59 Å². The molecule has 1 aromatic rings. The number of amides is 1. The van der Waals surface area contributed by atoms with Crippen molar-refractivity contribution >= 4 is 34.8 Å². The zero-order valence-electron chi connectivity index (χ0n) is 11.1. The van der Waals surface area contributed by atoms with E-state index in [0.29, 0.717) is 21.8 Å². The topological polar surface area (TPSA) is 93.5 Å². The maximum Gasteiger partial charge on any atom is 0.326 e. The molecular weight excluding hydrogens is 278 g/mol. The van der Waals surface area contributed by atoms with Gasteiger partial charge in [0.1, 0.15) is 4.99 Å². The number of carbonyl (C=O) groups excluding carboxylic acids is 2. The van der Waals surface area contributed by atoms with Crippen molar-refractivity contribution in [1.29, 1.82) is 0 Å². The number of hydrogen-bond donors (Lipinski definition) is 3. The van der Waals surface area contributed by atoms with Crippen LogP contribution in [-0.2, 0) is 19.7 Å². The van der Waals surface area contributed by atoms with E-state index < -0.39 is 17.3 Å². The summed E-state index contributed by atoms with van der Waals surface area (Å²) in [4.78, 5) is 24.6. The standard InChI is InChI=1S/C13H15N3O3S/c1-3-19-12(18)13(2)8-6-7(10(20)16-14)4-5-9(8)15-11(13)17/h4-6H,3,14H2,1-2H3,(H,15,17)(H,16,20). The van der Waals surface area contributed by atoms with Crippen molar-refractivity contribution in [1.82, 2.24) is 5.43 Å². The smallest absolute Gasteiger partial charge is 0.326 e. The summed E-state index contributed by atoms with van der Waals surface area (Å²) in [6.45, 7) is 3.44. The van der Waals surface area contributed by atoms with Gasteiger partial charge in [-0.2, -0.15) is 0 Å². The molecule has 4 N–H and O–H groups in total. The Bertz CT molecular complexity index is 603. The lowest BCUT2D eigenvalue weighted by atomic mass is 9.83. The van der Waals surface area contributed by atoms with Crippen molar-refractivity contribution in [3.05, 3.63) is 29.3 Å². The number of nitrogens with one attached hydrogen (secondary N) is 2. The van der Waals surface area contributed by atoms with Crippen LogP contribution in [0.4, 0.5) is 5.69 Å². The third-order valence-electron chi connectivity index (χ3n) is 3.34. The summed E-state index contributed by atoms with van der Waals surface area (Å²) in [6.07, 6.45) is 0. The van der Waals surface area contributed by atoms with Crippen LogP contribution in [0.1, 0.15) is 25.0 Å². The van der Waals surface area contributed by atoms with Gasteiger partial charge in [-0.25, -0.2) is 5.84 Å². The third-order valence-corrected chi connectivity index (χ3v) is 3.69. The van der Waals surface area contributed by atoms with E-state index in [1.54, 1.807) is 25.1 Å². The summed E-state index contributed by atoms with van der Waals surface area (Å²) in [5, 5.41) is 2.68. The van der Waals surface area contributed by atoms with Crippen LogP contribution in [0.2, 0.25) is 0 Å². The summed E-state index contributed by atoms with van der Waals surface area (Å²) in [5.41, 5.74) is 2.75. The molecule has 1 heterocycles. The molecule has 0 spiro atoms. The Hall–Kier alpha value is -1.99. The number of carbonyl (C=O) groups is 2. The molecule has 1 aromatic carbocycles. The van der Waals surface area contributed by atoms with Gasteiger partial charge in [0.05, 0.1) is 6.61 Å². The van der Waals surface area contributed by atoms with Gasteiger partial charge in [0.15, 0.2) is 5.41 Å². The molecule has 1 aliphatic heterocycles. The first-order chi connectivity index (χ1) is 9.44. The maximum atomic E-state index is 12.1. The first kappa shape index (κ1) is 14.4. The van der Waals surface area contributed by atoms with E-state index in [4.69, 9.17) is 22.8 Å². The molecule has 6 nitrogen and oxygen atoms in total. The van der Waals surface area contributed by atoms with Gasteiger partial charge in [0.25, 0.3) is 0 Å². The van der Waals surface area contributed by atoms with Crippen LogP contribution < -0.4 is 16.6 Å². The molecule has 0 bridgehead atoms. The van der Waals surface area contributed by atoms with Gasteiger partial charge in [-0.1, -0.05) is 12.2 Å². The molecule has 1 amide bonds. The number of benzene rings is 1. The van der Waals surface area contributed by atoms with Gasteiger partial charge in [0.2, 0.25) is 5.91 Å². The van der Waals surface area contributed by atoms with Crippen LogP contribution in [-0.4, -0.2) is 23.5 Å². The fourth-order valence-electron chi connectivity index (χ4n) is 2.14. The van der Waals surface area contributed by atoms with E-state index in [2.05, 4.69) is 10.7 Å². The molecule has 0 saturated carbocycles. The number of thiocarbonyl (C=S) groups is 1. The van der Waals surface area contributed by atoms with Crippen LogP contribution in [0.15, 0.2) is 18.2 Å². The summed E-state index contributed by atoms with van der Waals surface area (Å²) < 4.78 is 5.01. The molecule has 106 valence electrons. The normalized spacial score (nSPS) is 20.1. The van der Waals surface area contributed by atoms with Crippen molar-refractivity contribution in [2.24, 2.45) is 5.84 Å². The highest BCUT2D eigenvalue weighted by atomic mass is 32.1. The second-order valence-electron chi connectivity index (χ2n) is 4.53. The number of nitrogens with two attached hydrogens (primary N) is 1. The first-order valence-corrected chi connectivity index (χ1v) is 6.50. The van der Waals surface area contributed by atoms with Crippen molar-refractivity contribution in [3.8, 4) is 0 Å². The molecule has 0 radical (unpaired) electrons. The minimum absolute atomic E-state index is 0.208. The zero-order chi connectivity index (χ0) is 14.9. The van der Waals surface area contributed by atoms with E-state index >= 15 is 0 Å². The van der Waals surface area contributed by atoms with Crippen LogP contribution in [0.3, 0.4) is 0 Å². The summed E-state index contributed by atoms with van der Waals surface area (Å²) >= 11 is 5.06. The number of ether oxygens (including phenoxy) is 1. The Morgan fingerprint density at radius 2 is 2.25 bits per heavy atom. The van der Waals surface area contributed by atoms with Crippen molar-refractivity contribution < 1.29 is 14.3 Å². The Balaban J connectivity index is 2.52. The predicted octanol–water partition coefficient (Wildman–Crippen LogP) is 0.598. The van der Waals surface area contributed by atoms with Crippen LogP contribution in [0, 0.1) is 0 Å².